The molecule has 0 fully saturated rings. The van der Waals surface area contributed by atoms with Crippen LogP contribution in [0.5, 0.6) is 0 Å². The Morgan fingerprint density at radius 2 is 1.80 bits per heavy atom. The number of allylic oxidation sites excluding steroid dienone is 2. The predicted octanol–water partition coefficient (Wildman–Crippen LogP) is 4.54. The summed E-state index contributed by atoms with van der Waals surface area (Å²) < 4.78 is 5.29. The number of anilines is 1. The number of hydrogen-bond donors (Lipinski definition) is 2. The molecule has 3 N–H and O–H groups in total. The lowest BCUT2D eigenvalue weighted by molar-refractivity contribution is -0.116. The molecule has 2 amide bonds. The molecule has 0 radical (unpaired) electrons. The van der Waals surface area contributed by atoms with E-state index >= 15 is 0 Å². The number of aryl methyl sites for hydroxylation is 1. The molecule has 0 saturated carbocycles. The largest absolute Gasteiger partial charge is 0.501 e. The lowest BCUT2D eigenvalue weighted by Crippen LogP contribution is -2.13. The van der Waals surface area contributed by atoms with E-state index in [4.69, 9.17) is 10.5 Å². The molecule has 0 aliphatic carbocycles. The standard InChI is InChI=1S/C15H19NO2.C10H11NO/c1-3-7-13(15(16)17)11-14(18-2)10-12-8-5-4-6-9-12;12-10-7-3-5-8-4-1-2-6-9(8)11-10/h4-9,11H,3,10H2,1-2H3,(H2,16,17);1-2,4,6H,3,5,7H2,(H,11,12)/b13-7-,14-11-;. The summed E-state index contributed by atoms with van der Waals surface area (Å²) in [5, 5.41) is 2.88. The predicted molar refractivity (Wildman–Crippen MR) is 121 cm³/mol. The zero-order valence-electron chi connectivity index (χ0n) is 17.7. The SMILES string of the molecule is CC/C=C(/C=C(/Cc1ccccc1)OC)C(N)=O.O=C1CCCc2ccccc2N1. The molecule has 158 valence electrons. The zero-order chi connectivity index (χ0) is 21.8. The fourth-order valence-corrected chi connectivity index (χ4v) is 3.12. The number of amides is 2. The first-order valence-electron chi connectivity index (χ1n) is 10.2. The van der Waals surface area contributed by atoms with Crippen molar-refractivity contribution in [2.75, 3.05) is 12.4 Å². The molecule has 5 heteroatoms. The summed E-state index contributed by atoms with van der Waals surface area (Å²) in [5.74, 6) is 0.430. The van der Waals surface area contributed by atoms with Crippen molar-refractivity contribution in [3.63, 3.8) is 0 Å². The van der Waals surface area contributed by atoms with Crippen molar-refractivity contribution in [1.82, 2.24) is 0 Å². The second kappa shape index (κ2) is 12.3. The van der Waals surface area contributed by atoms with Gasteiger partial charge in [0, 0.05) is 24.1 Å². The van der Waals surface area contributed by atoms with E-state index in [9.17, 15) is 9.59 Å². The Kier molecular flexibility index (Phi) is 9.38. The van der Waals surface area contributed by atoms with Crippen LogP contribution >= 0.6 is 0 Å². The summed E-state index contributed by atoms with van der Waals surface area (Å²) in [4.78, 5) is 22.4. The van der Waals surface area contributed by atoms with Gasteiger partial charge in [-0.15, -0.1) is 0 Å². The fraction of sp³-hybridized carbons (Fsp3) is 0.280. The van der Waals surface area contributed by atoms with Gasteiger partial charge in [-0.05, 0) is 42.5 Å². The number of fused-ring (bicyclic) bond motifs is 1. The van der Waals surface area contributed by atoms with E-state index in [0.717, 1.165) is 36.3 Å². The molecule has 2 aromatic rings. The minimum Gasteiger partial charge on any atom is -0.501 e. The molecule has 30 heavy (non-hydrogen) atoms. The molecule has 5 nitrogen and oxygen atoms in total. The lowest BCUT2D eigenvalue weighted by atomic mass is 10.1. The molecule has 3 rings (SSSR count). The van der Waals surface area contributed by atoms with Crippen LogP contribution in [-0.2, 0) is 27.2 Å². The van der Waals surface area contributed by atoms with Crippen molar-refractivity contribution >= 4 is 17.5 Å². The third kappa shape index (κ3) is 7.59. The first-order valence-corrected chi connectivity index (χ1v) is 10.2. The monoisotopic (exact) mass is 406 g/mol. The highest BCUT2D eigenvalue weighted by Crippen LogP contribution is 2.20. The van der Waals surface area contributed by atoms with Crippen molar-refractivity contribution in [2.45, 2.75) is 39.0 Å². The molecule has 1 heterocycles. The van der Waals surface area contributed by atoms with Crippen molar-refractivity contribution in [3.05, 3.63) is 89.2 Å². The van der Waals surface area contributed by atoms with Gasteiger partial charge in [0.25, 0.3) is 0 Å². The van der Waals surface area contributed by atoms with Crippen molar-refractivity contribution in [1.29, 1.82) is 0 Å². The summed E-state index contributed by atoms with van der Waals surface area (Å²) in [7, 11) is 1.60. The summed E-state index contributed by atoms with van der Waals surface area (Å²) >= 11 is 0. The third-order valence-electron chi connectivity index (χ3n) is 4.65. The van der Waals surface area contributed by atoms with Gasteiger partial charge in [0.1, 0.15) is 5.76 Å². The Labute approximate surface area is 178 Å². The Balaban J connectivity index is 0.000000230. The average Bonchev–Trinajstić information content (AvgIpc) is 2.94. The van der Waals surface area contributed by atoms with E-state index in [1.165, 1.54) is 5.56 Å². The van der Waals surface area contributed by atoms with Gasteiger partial charge in [0.05, 0.1) is 7.11 Å². The summed E-state index contributed by atoms with van der Waals surface area (Å²) in [6.45, 7) is 1.96. The quantitative estimate of drug-likeness (QED) is 0.420. The topological polar surface area (TPSA) is 81.4 Å². The van der Waals surface area contributed by atoms with Crippen LogP contribution in [0.3, 0.4) is 0 Å². The van der Waals surface area contributed by atoms with Gasteiger partial charge in [0.15, 0.2) is 0 Å². The maximum absolute atomic E-state index is 11.2. The molecular formula is C25H30N2O3. The van der Waals surface area contributed by atoms with Gasteiger partial charge in [-0.1, -0.05) is 61.5 Å². The number of rotatable bonds is 6. The highest BCUT2D eigenvalue weighted by molar-refractivity contribution is 5.94. The molecule has 1 aliphatic rings. The maximum Gasteiger partial charge on any atom is 0.248 e. The molecule has 2 aromatic carbocycles. The minimum atomic E-state index is -0.431. The Morgan fingerprint density at radius 3 is 2.47 bits per heavy atom. The summed E-state index contributed by atoms with van der Waals surface area (Å²) in [5.41, 5.74) is 9.17. The van der Waals surface area contributed by atoms with Crippen LogP contribution < -0.4 is 11.1 Å². The van der Waals surface area contributed by atoms with Gasteiger partial charge < -0.3 is 15.8 Å². The van der Waals surface area contributed by atoms with Crippen LogP contribution in [0.25, 0.3) is 0 Å². The Hall–Kier alpha value is -3.34. The highest BCUT2D eigenvalue weighted by Gasteiger charge is 2.10. The maximum atomic E-state index is 11.2. The molecule has 0 unspecified atom stereocenters. The number of hydrogen-bond acceptors (Lipinski definition) is 3. The van der Waals surface area contributed by atoms with E-state index in [1.807, 2.05) is 55.5 Å². The van der Waals surface area contributed by atoms with Crippen LogP contribution in [0.4, 0.5) is 5.69 Å². The van der Waals surface area contributed by atoms with Crippen LogP contribution in [0.15, 0.2) is 78.1 Å². The van der Waals surface area contributed by atoms with Crippen LogP contribution in [0.1, 0.15) is 37.3 Å². The van der Waals surface area contributed by atoms with E-state index in [2.05, 4.69) is 11.4 Å². The van der Waals surface area contributed by atoms with Gasteiger partial charge in [0.2, 0.25) is 11.8 Å². The first-order chi connectivity index (χ1) is 14.5. The average molecular weight is 407 g/mol. The molecule has 0 atom stereocenters. The van der Waals surface area contributed by atoms with Crippen LogP contribution in [0.2, 0.25) is 0 Å². The second-order valence-electron chi connectivity index (χ2n) is 6.97. The molecule has 1 aliphatic heterocycles. The van der Waals surface area contributed by atoms with E-state index in [-0.39, 0.29) is 5.91 Å². The number of carbonyl (C=O) groups is 2. The lowest BCUT2D eigenvalue weighted by Gasteiger charge is -2.07. The number of ether oxygens (including phenoxy) is 1. The number of benzene rings is 2. The van der Waals surface area contributed by atoms with Gasteiger partial charge in [-0.25, -0.2) is 0 Å². The minimum absolute atomic E-state index is 0.139. The smallest absolute Gasteiger partial charge is 0.248 e. The molecular weight excluding hydrogens is 376 g/mol. The number of para-hydroxylation sites is 1. The van der Waals surface area contributed by atoms with Crippen LogP contribution in [0, 0.1) is 0 Å². The van der Waals surface area contributed by atoms with E-state index in [0.29, 0.717) is 18.4 Å². The summed E-state index contributed by atoms with van der Waals surface area (Å²) in [6, 6.07) is 17.9. The molecule has 0 aromatic heterocycles. The highest BCUT2D eigenvalue weighted by atomic mass is 16.5. The third-order valence-corrected chi connectivity index (χ3v) is 4.65. The van der Waals surface area contributed by atoms with Crippen molar-refractivity contribution in [2.24, 2.45) is 5.73 Å². The van der Waals surface area contributed by atoms with E-state index < -0.39 is 5.91 Å². The number of primary amides is 1. The molecule has 0 bridgehead atoms. The van der Waals surface area contributed by atoms with Crippen molar-refractivity contribution in [3.8, 4) is 0 Å². The fourth-order valence-electron chi connectivity index (χ4n) is 3.12. The first kappa shape index (κ1) is 22.9. The van der Waals surface area contributed by atoms with Crippen molar-refractivity contribution < 1.29 is 14.3 Å². The number of carbonyl (C=O) groups excluding carboxylic acids is 2. The number of methoxy groups -OCH3 is 1. The zero-order valence-corrected chi connectivity index (χ0v) is 17.7. The van der Waals surface area contributed by atoms with Gasteiger partial charge in [-0.2, -0.15) is 0 Å². The van der Waals surface area contributed by atoms with Crippen LogP contribution in [-0.4, -0.2) is 18.9 Å². The normalized spacial score (nSPS) is 13.9. The summed E-state index contributed by atoms with van der Waals surface area (Å²) in [6.07, 6.45) is 7.53. The number of nitrogens with two attached hydrogens (primary N) is 1. The Morgan fingerprint density at radius 1 is 1.10 bits per heavy atom. The Bertz CT molecular complexity index is 902. The second-order valence-corrected chi connectivity index (χ2v) is 6.97. The van der Waals surface area contributed by atoms with Gasteiger partial charge in [-0.3, -0.25) is 9.59 Å². The molecule has 0 spiro atoms. The van der Waals surface area contributed by atoms with Gasteiger partial charge >= 0.3 is 0 Å². The molecule has 0 saturated heterocycles. The van der Waals surface area contributed by atoms with E-state index in [1.54, 1.807) is 19.3 Å². The number of nitrogens with one attached hydrogen (secondary N) is 1.